The quantitative estimate of drug-likeness (QED) is 0.519. The second kappa shape index (κ2) is 7.16. The number of nitrogens with two attached hydrogens (primary N) is 1. The Morgan fingerprint density at radius 3 is 2.85 bits per heavy atom. The number of hydrogen-bond acceptors (Lipinski definition) is 5. The molecule has 7 heteroatoms. The maximum atomic E-state index is 13.9. The maximum Gasteiger partial charge on any atom is 0.254 e. The molecule has 0 saturated carbocycles. The molecule has 1 heterocycles. The van der Waals surface area contributed by atoms with Crippen LogP contribution in [0, 0.1) is 11.2 Å². The molecule has 0 aromatic carbocycles. The molecule has 4 N–H and O–H groups in total. The average Bonchev–Trinajstić information content (AvgIpc) is 2.43. The molecule has 112 valence electrons. The molecule has 1 amide bonds. The van der Waals surface area contributed by atoms with Gasteiger partial charge in [0, 0.05) is 26.5 Å². The van der Waals surface area contributed by atoms with E-state index in [1.165, 1.54) is 12.3 Å². The molecule has 0 spiro atoms. The maximum absolute atomic E-state index is 13.9. The van der Waals surface area contributed by atoms with E-state index < -0.39 is 11.7 Å². The molecular weight excluding hydrogens is 263 g/mol. The van der Waals surface area contributed by atoms with Gasteiger partial charge >= 0.3 is 0 Å². The van der Waals surface area contributed by atoms with E-state index in [4.69, 9.17) is 10.6 Å². The second-order valence-corrected chi connectivity index (χ2v) is 5.26. The number of halogens is 1. The molecule has 1 aromatic heterocycles. The zero-order valence-corrected chi connectivity index (χ0v) is 12.0. The summed E-state index contributed by atoms with van der Waals surface area (Å²) in [5.74, 6) is 3.71. The third-order valence-electron chi connectivity index (χ3n) is 2.98. The van der Waals surface area contributed by atoms with Gasteiger partial charge in [-0.1, -0.05) is 13.8 Å². The van der Waals surface area contributed by atoms with Crippen molar-refractivity contribution in [3.05, 3.63) is 23.6 Å². The van der Waals surface area contributed by atoms with Crippen LogP contribution in [0.5, 0.6) is 0 Å². The first-order chi connectivity index (χ1) is 9.41. The Hall–Kier alpha value is -1.73. The van der Waals surface area contributed by atoms with E-state index in [0.29, 0.717) is 13.2 Å². The number of carbonyl (C=O) groups excluding carboxylic acids is 1. The van der Waals surface area contributed by atoms with Crippen molar-refractivity contribution in [3.63, 3.8) is 0 Å². The zero-order chi connectivity index (χ0) is 15.2. The van der Waals surface area contributed by atoms with Crippen LogP contribution in [0.1, 0.15) is 30.6 Å². The van der Waals surface area contributed by atoms with Gasteiger partial charge in [0.15, 0.2) is 11.6 Å². The number of anilines is 1. The standard InChI is InChI=1S/C13H21FN4O2/c1-13(2,5-7-20-3)8-17-12(19)9-4-6-16-11(18-15)10(9)14/h4,6H,5,7-8,15H2,1-3H3,(H,16,18)(H,17,19). The van der Waals surface area contributed by atoms with Gasteiger partial charge in [-0.05, 0) is 17.9 Å². The third kappa shape index (κ3) is 4.43. The van der Waals surface area contributed by atoms with E-state index in [1.54, 1.807) is 7.11 Å². The van der Waals surface area contributed by atoms with E-state index in [9.17, 15) is 9.18 Å². The van der Waals surface area contributed by atoms with Gasteiger partial charge in [-0.25, -0.2) is 15.2 Å². The molecule has 0 fully saturated rings. The van der Waals surface area contributed by atoms with Gasteiger partial charge < -0.3 is 15.5 Å². The Morgan fingerprint density at radius 1 is 1.55 bits per heavy atom. The number of nitrogens with one attached hydrogen (secondary N) is 2. The summed E-state index contributed by atoms with van der Waals surface area (Å²) in [6.07, 6.45) is 2.11. The summed E-state index contributed by atoms with van der Waals surface area (Å²) < 4.78 is 18.9. The van der Waals surface area contributed by atoms with Crippen LogP contribution in [0.2, 0.25) is 0 Å². The number of pyridine rings is 1. The smallest absolute Gasteiger partial charge is 0.254 e. The predicted octanol–water partition coefficient (Wildman–Crippen LogP) is 1.30. The summed E-state index contributed by atoms with van der Waals surface area (Å²) in [4.78, 5) is 15.7. The summed E-state index contributed by atoms with van der Waals surface area (Å²) in [5.41, 5.74) is 1.89. The SMILES string of the molecule is COCCC(C)(C)CNC(=O)c1ccnc(NN)c1F. The van der Waals surface area contributed by atoms with Crippen molar-refractivity contribution < 1.29 is 13.9 Å². The first kappa shape index (κ1) is 16.3. The van der Waals surface area contributed by atoms with E-state index in [-0.39, 0.29) is 16.8 Å². The summed E-state index contributed by atoms with van der Waals surface area (Å²) >= 11 is 0. The van der Waals surface area contributed by atoms with Crippen molar-refractivity contribution in [2.75, 3.05) is 25.7 Å². The minimum atomic E-state index is -0.762. The van der Waals surface area contributed by atoms with Crippen LogP contribution in [0.3, 0.4) is 0 Å². The van der Waals surface area contributed by atoms with E-state index >= 15 is 0 Å². The highest BCUT2D eigenvalue weighted by atomic mass is 19.1. The number of methoxy groups -OCH3 is 1. The lowest BCUT2D eigenvalue weighted by atomic mass is 9.89. The van der Waals surface area contributed by atoms with Crippen LogP contribution in [0.4, 0.5) is 10.2 Å². The topological polar surface area (TPSA) is 89.3 Å². The van der Waals surface area contributed by atoms with Gasteiger partial charge in [-0.2, -0.15) is 0 Å². The molecule has 0 atom stereocenters. The average molecular weight is 284 g/mol. The summed E-state index contributed by atoms with van der Waals surface area (Å²) in [5, 5.41) is 2.71. The number of amides is 1. The second-order valence-electron chi connectivity index (χ2n) is 5.26. The normalized spacial score (nSPS) is 11.2. The molecule has 0 aliphatic carbocycles. The molecule has 0 aliphatic rings. The Labute approximate surface area is 117 Å². The van der Waals surface area contributed by atoms with E-state index in [2.05, 4.69) is 15.7 Å². The van der Waals surface area contributed by atoms with Crippen molar-refractivity contribution in [2.24, 2.45) is 11.3 Å². The summed E-state index contributed by atoms with van der Waals surface area (Å²) in [7, 11) is 1.63. The largest absolute Gasteiger partial charge is 0.385 e. The van der Waals surface area contributed by atoms with Crippen LogP contribution < -0.4 is 16.6 Å². The molecule has 0 aliphatic heterocycles. The highest BCUT2D eigenvalue weighted by Gasteiger charge is 2.21. The van der Waals surface area contributed by atoms with Crippen molar-refractivity contribution in [1.82, 2.24) is 10.3 Å². The number of rotatable bonds is 7. The Balaban J connectivity index is 2.68. The number of nitrogens with zero attached hydrogens (tertiary/aromatic N) is 1. The minimum Gasteiger partial charge on any atom is -0.385 e. The molecule has 0 radical (unpaired) electrons. The number of nitrogen functional groups attached to an aromatic ring is 1. The fraction of sp³-hybridized carbons (Fsp3) is 0.538. The van der Waals surface area contributed by atoms with Crippen LogP contribution in [-0.2, 0) is 4.74 Å². The van der Waals surface area contributed by atoms with Crippen molar-refractivity contribution >= 4 is 11.7 Å². The van der Waals surface area contributed by atoms with Crippen LogP contribution in [0.25, 0.3) is 0 Å². The first-order valence-corrected chi connectivity index (χ1v) is 6.29. The summed E-state index contributed by atoms with van der Waals surface area (Å²) in [6, 6.07) is 1.31. The monoisotopic (exact) mass is 284 g/mol. The van der Waals surface area contributed by atoms with Crippen LogP contribution in [-0.4, -0.2) is 31.2 Å². The Morgan fingerprint density at radius 2 is 2.25 bits per heavy atom. The van der Waals surface area contributed by atoms with E-state index in [0.717, 1.165) is 6.42 Å². The molecule has 0 saturated heterocycles. The molecule has 1 aromatic rings. The van der Waals surface area contributed by atoms with Crippen molar-refractivity contribution in [2.45, 2.75) is 20.3 Å². The molecule has 20 heavy (non-hydrogen) atoms. The van der Waals surface area contributed by atoms with Gasteiger partial charge in [-0.15, -0.1) is 0 Å². The number of hydrazine groups is 1. The highest BCUT2D eigenvalue weighted by molar-refractivity contribution is 5.95. The molecular formula is C13H21FN4O2. The molecule has 6 nitrogen and oxygen atoms in total. The lowest BCUT2D eigenvalue weighted by Crippen LogP contribution is -2.35. The molecule has 0 unspecified atom stereocenters. The fourth-order valence-electron chi connectivity index (χ4n) is 1.60. The number of carbonyl (C=O) groups is 1. The van der Waals surface area contributed by atoms with Gasteiger partial charge in [0.05, 0.1) is 5.56 Å². The van der Waals surface area contributed by atoms with Gasteiger partial charge in [0.1, 0.15) is 0 Å². The lowest BCUT2D eigenvalue weighted by molar-refractivity contribution is 0.0917. The number of ether oxygens (including phenoxy) is 1. The van der Waals surface area contributed by atoms with Crippen molar-refractivity contribution in [1.29, 1.82) is 0 Å². The molecule has 0 bridgehead atoms. The predicted molar refractivity (Wildman–Crippen MR) is 74.6 cm³/mol. The Kier molecular flexibility index (Phi) is 5.84. The minimum absolute atomic E-state index is 0.0875. The lowest BCUT2D eigenvalue weighted by Gasteiger charge is -2.24. The van der Waals surface area contributed by atoms with E-state index in [1.807, 2.05) is 13.8 Å². The molecule has 1 rings (SSSR count). The van der Waals surface area contributed by atoms with Crippen molar-refractivity contribution in [3.8, 4) is 0 Å². The third-order valence-corrected chi connectivity index (χ3v) is 2.98. The fourth-order valence-corrected chi connectivity index (χ4v) is 1.60. The van der Waals surface area contributed by atoms with Gasteiger partial charge in [0.2, 0.25) is 0 Å². The number of hydrogen-bond donors (Lipinski definition) is 3. The highest BCUT2D eigenvalue weighted by Crippen LogP contribution is 2.19. The van der Waals surface area contributed by atoms with Crippen LogP contribution >= 0.6 is 0 Å². The van der Waals surface area contributed by atoms with Gasteiger partial charge in [-0.3, -0.25) is 4.79 Å². The van der Waals surface area contributed by atoms with Gasteiger partial charge in [0.25, 0.3) is 5.91 Å². The zero-order valence-electron chi connectivity index (χ0n) is 12.0. The Bertz CT molecular complexity index is 466. The summed E-state index contributed by atoms with van der Waals surface area (Å²) in [6.45, 7) is 5.03. The number of aromatic nitrogens is 1. The first-order valence-electron chi connectivity index (χ1n) is 6.29. The van der Waals surface area contributed by atoms with Crippen LogP contribution in [0.15, 0.2) is 12.3 Å².